The Morgan fingerprint density at radius 1 is 1.07 bits per heavy atom. The maximum Gasteiger partial charge on any atom is 0.330 e. The van der Waals surface area contributed by atoms with Crippen LogP contribution >= 0.6 is 0 Å². The number of amides is 3. The molecule has 29 heavy (non-hydrogen) atoms. The highest BCUT2D eigenvalue weighted by Crippen LogP contribution is 2.27. The van der Waals surface area contributed by atoms with Crippen LogP contribution in [0.4, 0.5) is 0 Å². The number of carbonyl (C=O) groups is 4. The summed E-state index contributed by atoms with van der Waals surface area (Å²) >= 11 is 0. The van der Waals surface area contributed by atoms with E-state index < -0.39 is 36.3 Å². The number of fused-ring (bicyclic) bond motifs is 1. The number of furan rings is 1. The van der Waals surface area contributed by atoms with Crippen molar-refractivity contribution in [2.45, 2.75) is 26.4 Å². The minimum Gasteiger partial charge on any atom is -0.467 e. The summed E-state index contributed by atoms with van der Waals surface area (Å²) in [7, 11) is 1.56. The Labute approximate surface area is 168 Å². The maximum absolute atomic E-state index is 12.7. The predicted molar refractivity (Wildman–Crippen MR) is 102 cm³/mol. The Bertz CT molecular complexity index is 899. The fraction of sp³-hybridized carbons (Fsp3) is 0.333. The van der Waals surface area contributed by atoms with Crippen molar-refractivity contribution in [1.82, 2.24) is 9.80 Å². The number of hydrogen-bond acceptors (Lipinski definition) is 6. The number of carbonyl (C=O) groups excluding carboxylic acids is 4. The first-order valence-corrected chi connectivity index (χ1v) is 9.21. The van der Waals surface area contributed by atoms with E-state index in [1.165, 1.54) is 11.2 Å². The zero-order valence-electron chi connectivity index (χ0n) is 16.5. The molecule has 0 spiro atoms. The highest BCUT2D eigenvalue weighted by molar-refractivity contribution is 6.22. The molecular formula is C21H22N2O6. The highest BCUT2D eigenvalue weighted by atomic mass is 16.5. The van der Waals surface area contributed by atoms with Crippen molar-refractivity contribution < 1.29 is 28.3 Å². The minimum atomic E-state index is -1.12. The predicted octanol–water partition coefficient (Wildman–Crippen LogP) is 2.10. The number of rotatable bonds is 7. The lowest BCUT2D eigenvalue weighted by Crippen LogP contribution is -2.49. The second-order valence-corrected chi connectivity index (χ2v) is 7.15. The Hall–Kier alpha value is -3.42. The first-order chi connectivity index (χ1) is 13.8. The summed E-state index contributed by atoms with van der Waals surface area (Å²) in [5.41, 5.74) is 0.510. The molecule has 0 N–H and O–H groups in total. The lowest BCUT2D eigenvalue weighted by atomic mass is 10.0. The zero-order chi connectivity index (χ0) is 21.1. The van der Waals surface area contributed by atoms with Crippen molar-refractivity contribution in [3.05, 3.63) is 59.5 Å². The summed E-state index contributed by atoms with van der Waals surface area (Å²) in [5.74, 6) is -2.10. The molecule has 0 saturated heterocycles. The fourth-order valence-corrected chi connectivity index (χ4v) is 3.19. The van der Waals surface area contributed by atoms with Gasteiger partial charge in [0.05, 0.1) is 23.9 Å². The minimum absolute atomic E-state index is 0.232. The van der Waals surface area contributed by atoms with Crippen molar-refractivity contribution >= 4 is 23.7 Å². The molecule has 0 bridgehead atoms. The van der Waals surface area contributed by atoms with Gasteiger partial charge in [-0.25, -0.2) is 4.79 Å². The smallest absolute Gasteiger partial charge is 0.330 e. The third-order valence-electron chi connectivity index (χ3n) is 4.71. The summed E-state index contributed by atoms with van der Waals surface area (Å²) in [6.07, 6.45) is 1.50. The second-order valence-electron chi connectivity index (χ2n) is 7.15. The number of likely N-dealkylation sites (N-methyl/N-ethyl adjacent to an activating group) is 1. The molecule has 1 aliphatic rings. The quantitative estimate of drug-likeness (QED) is 0.523. The molecule has 0 fully saturated rings. The normalized spacial score (nSPS) is 14.1. The van der Waals surface area contributed by atoms with E-state index in [2.05, 4.69) is 0 Å². The van der Waals surface area contributed by atoms with Crippen LogP contribution in [-0.4, -0.2) is 53.2 Å². The molecule has 8 heteroatoms. The molecule has 1 atom stereocenters. The number of ether oxygens (including phenoxy) is 1. The van der Waals surface area contributed by atoms with Gasteiger partial charge in [-0.1, -0.05) is 26.0 Å². The third kappa shape index (κ3) is 4.06. The molecule has 2 aromatic rings. The number of esters is 1. The van der Waals surface area contributed by atoms with Gasteiger partial charge in [0.2, 0.25) is 0 Å². The van der Waals surface area contributed by atoms with E-state index in [4.69, 9.17) is 9.15 Å². The van der Waals surface area contributed by atoms with Crippen LogP contribution < -0.4 is 0 Å². The van der Waals surface area contributed by atoms with E-state index in [0.29, 0.717) is 5.76 Å². The van der Waals surface area contributed by atoms with E-state index in [0.717, 1.165) is 4.90 Å². The van der Waals surface area contributed by atoms with Crippen molar-refractivity contribution in [2.24, 2.45) is 5.92 Å². The topological polar surface area (TPSA) is 97.1 Å². The van der Waals surface area contributed by atoms with Crippen LogP contribution in [0.3, 0.4) is 0 Å². The van der Waals surface area contributed by atoms with Crippen LogP contribution in [0.15, 0.2) is 47.1 Å². The van der Waals surface area contributed by atoms with E-state index in [1.807, 2.05) is 0 Å². The first kappa shape index (κ1) is 20.3. The molecule has 3 amide bonds. The van der Waals surface area contributed by atoms with Crippen LogP contribution in [0, 0.1) is 5.92 Å². The van der Waals surface area contributed by atoms with Gasteiger partial charge in [0.15, 0.2) is 6.61 Å². The van der Waals surface area contributed by atoms with Gasteiger partial charge < -0.3 is 14.1 Å². The number of benzene rings is 1. The average Bonchev–Trinajstić information content (AvgIpc) is 3.29. The molecule has 1 aromatic carbocycles. The summed E-state index contributed by atoms with van der Waals surface area (Å²) < 4.78 is 10.4. The molecule has 2 heterocycles. The van der Waals surface area contributed by atoms with Gasteiger partial charge in [0, 0.05) is 7.05 Å². The van der Waals surface area contributed by atoms with Crippen molar-refractivity contribution in [1.29, 1.82) is 0 Å². The summed E-state index contributed by atoms with van der Waals surface area (Å²) in [4.78, 5) is 52.6. The lowest BCUT2D eigenvalue weighted by molar-refractivity contribution is -0.156. The Kier molecular flexibility index (Phi) is 5.81. The van der Waals surface area contributed by atoms with Crippen molar-refractivity contribution in [3.63, 3.8) is 0 Å². The molecule has 152 valence electrons. The van der Waals surface area contributed by atoms with Crippen molar-refractivity contribution in [3.8, 4) is 0 Å². The number of nitrogens with zero attached hydrogens (tertiary/aromatic N) is 2. The van der Waals surface area contributed by atoms with Gasteiger partial charge in [-0.05, 0) is 30.2 Å². The molecule has 1 aromatic heterocycles. The third-order valence-corrected chi connectivity index (χ3v) is 4.71. The first-order valence-electron chi connectivity index (χ1n) is 9.21. The van der Waals surface area contributed by atoms with Crippen LogP contribution in [0.5, 0.6) is 0 Å². The molecule has 8 nitrogen and oxygen atoms in total. The van der Waals surface area contributed by atoms with Crippen LogP contribution in [-0.2, 0) is 20.9 Å². The molecule has 0 saturated carbocycles. The van der Waals surface area contributed by atoms with Gasteiger partial charge in [0.1, 0.15) is 11.8 Å². The average molecular weight is 398 g/mol. The van der Waals surface area contributed by atoms with Gasteiger partial charge in [-0.15, -0.1) is 0 Å². The largest absolute Gasteiger partial charge is 0.467 e. The van der Waals surface area contributed by atoms with E-state index in [9.17, 15) is 19.2 Å². The Morgan fingerprint density at radius 2 is 1.69 bits per heavy atom. The second kappa shape index (κ2) is 8.30. The molecular weight excluding hydrogens is 376 g/mol. The van der Waals surface area contributed by atoms with Crippen molar-refractivity contribution in [2.75, 3.05) is 13.7 Å². The fourth-order valence-electron chi connectivity index (χ4n) is 3.19. The van der Waals surface area contributed by atoms with E-state index in [-0.39, 0.29) is 23.6 Å². The van der Waals surface area contributed by atoms with Crippen LogP contribution in [0.1, 0.15) is 40.3 Å². The highest BCUT2D eigenvalue weighted by Gasteiger charge is 2.44. The standard InChI is InChI=1S/C21H22N2O6/c1-13(2)18(23-19(25)15-8-4-5-9-16(15)20(23)26)21(27)29-12-17(24)22(3)11-14-7-6-10-28-14/h4-10,13,18H,11-12H2,1-3H3. The number of imide groups is 1. The SMILES string of the molecule is CC(C)C(C(=O)OCC(=O)N(C)Cc1ccco1)N1C(=O)c2ccccc2C1=O. The summed E-state index contributed by atoms with van der Waals surface area (Å²) in [6, 6.07) is 8.73. The Morgan fingerprint density at radius 3 is 2.21 bits per heavy atom. The molecule has 1 unspecified atom stereocenters. The Balaban J connectivity index is 1.67. The van der Waals surface area contributed by atoms with Gasteiger partial charge >= 0.3 is 5.97 Å². The monoisotopic (exact) mass is 398 g/mol. The van der Waals surface area contributed by atoms with Crippen LogP contribution in [0.2, 0.25) is 0 Å². The molecule has 0 aliphatic carbocycles. The van der Waals surface area contributed by atoms with Gasteiger partial charge in [0.25, 0.3) is 17.7 Å². The summed E-state index contributed by atoms with van der Waals surface area (Å²) in [6.45, 7) is 3.15. The van der Waals surface area contributed by atoms with Crippen LogP contribution in [0.25, 0.3) is 0 Å². The lowest BCUT2D eigenvalue weighted by Gasteiger charge is -2.27. The van der Waals surface area contributed by atoms with Gasteiger partial charge in [-0.3, -0.25) is 19.3 Å². The van der Waals surface area contributed by atoms with E-state index >= 15 is 0 Å². The molecule has 1 aliphatic heterocycles. The van der Waals surface area contributed by atoms with Gasteiger partial charge in [-0.2, -0.15) is 0 Å². The number of hydrogen-bond donors (Lipinski definition) is 0. The molecule has 3 rings (SSSR count). The van der Waals surface area contributed by atoms with E-state index in [1.54, 1.807) is 57.3 Å². The summed E-state index contributed by atoms with van der Waals surface area (Å²) in [5, 5.41) is 0. The molecule has 0 radical (unpaired) electrons. The maximum atomic E-state index is 12.7. The zero-order valence-corrected chi connectivity index (χ0v) is 16.5.